The van der Waals surface area contributed by atoms with Crippen LogP contribution < -0.4 is 10.6 Å². The normalized spacial score (nSPS) is 10.2. The van der Waals surface area contributed by atoms with E-state index in [0.29, 0.717) is 6.07 Å². The Morgan fingerprint density at radius 1 is 1.48 bits per heavy atom. The third-order valence-corrected chi connectivity index (χ3v) is 2.73. The van der Waals surface area contributed by atoms with E-state index < -0.39 is 22.3 Å². The maximum atomic E-state index is 13.6. The Bertz CT molecular complexity index is 714. The van der Waals surface area contributed by atoms with Crippen molar-refractivity contribution < 1.29 is 14.1 Å². The molecule has 0 aliphatic heterocycles. The van der Waals surface area contributed by atoms with Crippen LogP contribution in [0.25, 0.3) is 0 Å². The predicted octanol–water partition coefficient (Wildman–Crippen LogP) is 1.16. The third-order valence-electron chi connectivity index (χ3n) is 2.73. The number of aromatic nitrogens is 3. The number of amides is 1. The van der Waals surface area contributed by atoms with E-state index in [1.54, 1.807) is 7.05 Å². The lowest BCUT2D eigenvalue weighted by Crippen LogP contribution is -2.17. The molecule has 0 saturated heterocycles. The first kappa shape index (κ1) is 14.4. The molecule has 21 heavy (non-hydrogen) atoms. The number of anilines is 2. The van der Waals surface area contributed by atoms with E-state index in [1.807, 2.05) is 0 Å². The van der Waals surface area contributed by atoms with Crippen LogP contribution in [-0.2, 0) is 7.05 Å². The van der Waals surface area contributed by atoms with Crippen molar-refractivity contribution in [2.75, 3.05) is 17.7 Å². The van der Waals surface area contributed by atoms with E-state index in [2.05, 4.69) is 20.7 Å². The summed E-state index contributed by atoms with van der Waals surface area (Å²) in [6.07, 6.45) is 1.22. The third kappa shape index (κ3) is 2.78. The molecule has 0 unspecified atom stereocenters. The van der Waals surface area contributed by atoms with Crippen molar-refractivity contribution in [3.05, 3.63) is 40.0 Å². The minimum absolute atomic E-state index is 0.0243. The minimum Gasteiger partial charge on any atom is -0.386 e. The van der Waals surface area contributed by atoms with Gasteiger partial charge in [0.25, 0.3) is 11.6 Å². The van der Waals surface area contributed by atoms with Crippen LogP contribution in [0.4, 0.5) is 21.7 Å². The van der Waals surface area contributed by atoms with Gasteiger partial charge < -0.3 is 5.32 Å². The number of nitro groups is 1. The maximum absolute atomic E-state index is 13.6. The molecule has 2 rings (SSSR count). The summed E-state index contributed by atoms with van der Waals surface area (Å²) in [5.41, 5.74) is -0.941. The number of nitrogens with zero attached hydrogens (tertiary/aromatic N) is 4. The van der Waals surface area contributed by atoms with Gasteiger partial charge in [-0.05, 0) is 6.07 Å². The lowest BCUT2D eigenvalue weighted by molar-refractivity contribution is -0.385. The Hall–Kier alpha value is -3.04. The number of carbonyl (C=O) groups is 1. The fraction of sp³-hybridized carbons (Fsp3) is 0.182. The first-order valence-electron chi connectivity index (χ1n) is 5.75. The maximum Gasteiger partial charge on any atom is 0.285 e. The van der Waals surface area contributed by atoms with Crippen LogP contribution in [0.1, 0.15) is 10.4 Å². The summed E-state index contributed by atoms with van der Waals surface area (Å²) in [7, 11) is 2.98. The van der Waals surface area contributed by atoms with Crippen LogP contribution in [0.5, 0.6) is 0 Å². The Kier molecular flexibility index (Phi) is 3.78. The molecule has 10 heteroatoms. The molecule has 2 aromatic rings. The Morgan fingerprint density at radius 2 is 2.19 bits per heavy atom. The highest BCUT2D eigenvalue weighted by Gasteiger charge is 2.24. The molecule has 1 amide bonds. The number of nitro benzene ring substituents is 1. The van der Waals surface area contributed by atoms with Crippen molar-refractivity contribution in [3.8, 4) is 0 Å². The largest absolute Gasteiger partial charge is 0.386 e. The number of rotatable bonds is 4. The zero-order valence-electron chi connectivity index (χ0n) is 11.1. The fourth-order valence-corrected chi connectivity index (χ4v) is 1.67. The van der Waals surface area contributed by atoms with Gasteiger partial charge in [0.2, 0.25) is 5.95 Å². The van der Waals surface area contributed by atoms with Gasteiger partial charge in [-0.2, -0.15) is 10.1 Å². The molecule has 0 spiro atoms. The number of aryl methyl sites for hydroxylation is 1. The summed E-state index contributed by atoms with van der Waals surface area (Å²) in [6, 6.07) is 1.76. The van der Waals surface area contributed by atoms with Crippen LogP contribution in [-0.4, -0.2) is 32.6 Å². The van der Waals surface area contributed by atoms with Crippen molar-refractivity contribution >= 4 is 23.2 Å². The van der Waals surface area contributed by atoms with Gasteiger partial charge in [0.1, 0.15) is 11.9 Å². The molecule has 1 heterocycles. The molecule has 2 N–H and O–H groups in total. The molecular weight excluding hydrogens is 283 g/mol. The summed E-state index contributed by atoms with van der Waals surface area (Å²) in [6.45, 7) is 0. The SMILES string of the molecule is CNc1cc(C(=O)Nc2ncnn2C)c([N+](=O)[O-])cc1F. The molecule has 9 nitrogen and oxygen atoms in total. The van der Waals surface area contributed by atoms with Gasteiger partial charge in [0.15, 0.2) is 5.82 Å². The summed E-state index contributed by atoms with van der Waals surface area (Å²) in [5.74, 6) is -1.49. The second-order valence-corrected chi connectivity index (χ2v) is 4.02. The van der Waals surface area contributed by atoms with Gasteiger partial charge in [-0.25, -0.2) is 9.07 Å². The lowest BCUT2D eigenvalue weighted by atomic mass is 10.1. The summed E-state index contributed by atoms with van der Waals surface area (Å²) < 4.78 is 14.9. The zero-order chi connectivity index (χ0) is 15.6. The summed E-state index contributed by atoms with van der Waals surface area (Å²) >= 11 is 0. The first-order chi connectivity index (χ1) is 9.93. The van der Waals surface area contributed by atoms with Gasteiger partial charge in [-0.1, -0.05) is 0 Å². The fourth-order valence-electron chi connectivity index (χ4n) is 1.67. The molecule has 0 atom stereocenters. The molecule has 0 fully saturated rings. The van der Waals surface area contributed by atoms with Gasteiger partial charge >= 0.3 is 0 Å². The quantitative estimate of drug-likeness (QED) is 0.645. The number of nitrogens with one attached hydrogen (secondary N) is 2. The predicted molar refractivity (Wildman–Crippen MR) is 71.6 cm³/mol. The van der Waals surface area contributed by atoms with Crippen molar-refractivity contribution in [1.82, 2.24) is 14.8 Å². The Labute approximate surface area is 117 Å². The second kappa shape index (κ2) is 5.53. The molecule has 0 aliphatic rings. The van der Waals surface area contributed by atoms with Crippen molar-refractivity contribution in [2.45, 2.75) is 0 Å². The van der Waals surface area contributed by atoms with Crippen molar-refractivity contribution in [1.29, 1.82) is 0 Å². The highest BCUT2D eigenvalue weighted by atomic mass is 19.1. The van der Waals surface area contributed by atoms with Gasteiger partial charge in [0, 0.05) is 14.1 Å². The molecule has 0 saturated carbocycles. The minimum atomic E-state index is -0.825. The van der Waals surface area contributed by atoms with E-state index in [9.17, 15) is 19.3 Å². The monoisotopic (exact) mass is 294 g/mol. The van der Waals surface area contributed by atoms with Crippen LogP contribution in [0.15, 0.2) is 18.5 Å². The topological polar surface area (TPSA) is 115 Å². The molecule has 0 bridgehead atoms. The van der Waals surface area contributed by atoms with E-state index >= 15 is 0 Å². The summed E-state index contributed by atoms with van der Waals surface area (Å²) in [5, 5.41) is 19.6. The van der Waals surface area contributed by atoms with E-state index in [1.165, 1.54) is 18.1 Å². The number of halogens is 1. The number of hydrogen-bond acceptors (Lipinski definition) is 6. The smallest absolute Gasteiger partial charge is 0.285 e. The average Bonchev–Trinajstić information content (AvgIpc) is 2.83. The number of benzene rings is 1. The molecule has 110 valence electrons. The second-order valence-electron chi connectivity index (χ2n) is 4.02. The average molecular weight is 294 g/mol. The molecule has 1 aromatic carbocycles. The molecule has 0 radical (unpaired) electrons. The van der Waals surface area contributed by atoms with Gasteiger partial charge in [-0.15, -0.1) is 0 Å². The van der Waals surface area contributed by atoms with Gasteiger partial charge in [-0.3, -0.25) is 20.2 Å². The molecular formula is C11H11FN6O3. The van der Waals surface area contributed by atoms with E-state index in [-0.39, 0.29) is 17.2 Å². The van der Waals surface area contributed by atoms with Crippen LogP contribution in [0, 0.1) is 15.9 Å². The van der Waals surface area contributed by atoms with E-state index in [4.69, 9.17) is 0 Å². The zero-order valence-corrected chi connectivity index (χ0v) is 11.1. The highest BCUT2D eigenvalue weighted by molar-refractivity contribution is 6.07. The van der Waals surface area contributed by atoms with Crippen molar-refractivity contribution in [2.24, 2.45) is 7.05 Å². The number of hydrogen-bond donors (Lipinski definition) is 2. The summed E-state index contributed by atoms with van der Waals surface area (Å²) in [4.78, 5) is 26.0. The van der Waals surface area contributed by atoms with Crippen LogP contribution in [0.3, 0.4) is 0 Å². The standard InChI is InChI=1S/C11H11FN6O3/c1-13-8-3-6(9(18(20)21)4-7(8)12)10(19)16-11-14-5-15-17(11)2/h3-5,13H,1-2H3,(H,14,15,16,19). The van der Waals surface area contributed by atoms with Crippen LogP contribution >= 0.6 is 0 Å². The van der Waals surface area contributed by atoms with Crippen molar-refractivity contribution in [3.63, 3.8) is 0 Å². The molecule has 1 aromatic heterocycles. The highest BCUT2D eigenvalue weighted by Crippen LogP contribution is 2.26. The lowest BCUT2D eigenvalue weighted by Gasteiger charge is -2.08. The van der Waals surface area contributed by atoms with Gasteiger partial charge in [0.05, 0.1) is 16.7 Å². The van der Waals surface area contributed by atoms with E-state index in [0.717, 1.165) is 6.07 Å². The number of carbonyl (C=O) groups excluding carboxylic acids is 1. The first-order valence-corrected chi connectivity index (χ1v) is 5.75. The Morgan fingerprint density at radius 3 is 2.71 bits per heavy atom. The Balaban J connectivity index is 2.43. The van der Waals surface area contributed by atoms with Crippen LogP contribution in [0.2, 0.25) is 0 Å². The molecule has 0 aliphatic carbocycles.